The summed E-state index contributed by atoms with van der Waals surface area (Å²) < 4.78 is 77.3. The molecule has 1 heterocycles. The molecule has 0 aromatic carbocycles. The van der Waals surface area contributed by atoms with Gasteiger partial charge >= 0.3 is 12.4 Å². The van der Waals surface area contributed by atoms with Crippen LogP contribution >= 0.6 is 0 Å². The van der Waals surface area contributed by atoms with Gasteiger partial charge in [0.25, 0.3) is 5.79 Å². The van der Waals surface area contributed by atoms with Crippen molar-refractivity contribution >= 4 is 0 Å². The van der Waals surface area contributed by atoms with E-state index in [1.807, 2.05) is 0 Å². The fraction of sp³-hybridized carbons (Fsp3) is 1.00. The highest BCUT2D eigenvalue weighted by atomic mass is 19.4. The highest BCUT2D eigenvalue weighted by molar-refractivity contribution is 4.90. The molecule has 1 saturated heterocycles. The summed E-state index contributed by atoms with van der Waals surface area (Å²) in [6.45, 7) is -2.85. The smallest absolute Gasteiger partial charge is 0.335 e. The summed E-state index contributed by atoms with van der Waals surface area (Å²) in [5, 5.41) is 0. The van der Waals surface area contributed by atoms with Gasteiger partial charge in [-0.25, -0.2) is 0 Å². The molecule has 0 bridgehead atoms. The van der Waals surface area contributed by atoms with Gasteiger partial charge in [0.2, 0.25) is 0 Å². The lowest BCUT2D eigenvalue weighted by molar-refractivity contribution is -0.296. The van der Waals surface area contributed by atoms with Crippen molar-refractivity contribution in [3.8, 4) is 0 Å². The number of alkyl halides is 6. The van der Waals surface area contributed by atoms with E-state index in [0.717, 1.165) is 0 Å². The molecule has 1 atom stereocenters. The van der Waals surface area contributed by atoms with Crippen molar-refractivity contribution in [2.45, 2.75) is 18.1 Å². The van der Waals surface area contributed by atoms with Crippen molar-refractivity contribution in [3.05, 3.63) is 0 Å². The molecule has 1 rings (SSSR count). The summed E-state index contributed by atoms with van der Waals surface area (Å²) in [4.78, 5) is 0. The molecular weight excluding hydrogens is 206 g/mol. The van der Waals surface area contributed by atoms with Gasteiger partial charge < -0.3 is 9.47 Å². The van der Waals surface area contributed by atoms with Crippen LogP contribution in [0.3, 0.4) is 0 Å². The molecule has 0 aromatic rings. The van der Waals surface area contributed by atoms with Gasteiger partial charge in [-0.2, -0.15) is 26.3 Å². The van der Waals surface area contributed by atoms with Crippen molar-refractivity contribution in [2.75, 3.05) is 13.2 Å². The second-order valence-corrected chi connectivity index (χ2v) is 2.44. The molecule has 0 aliphatic carbocycles. The second kappa shape index (κ2) is 2.74. The summed E-state index contributed by atoms with van der Waals surface area (Å²) in [5.74, 6) is -3.03. The van der Waals surface area contributed by atoms with E-state index in [4.69, 9.17) is 0 Å². The Hall–Kier alpha value is -0.500. The Balaban J connectivity index is 2.46. The fourth-order valence-electron chi connectivity index (χ4n) is 0.593. The maximum atomic E-state index is 11.9. The minimum atomic E-state index is -4.92. The molecule has 1 aliphatic heterocycles. The maximum absolute atomic E-state index is 11.9. The molecular formula is C5H4F6O2. The van der Waals surface area contributed by atoms with Crippen molar-refractivity contribution in [2.24, 2.45) is 0 Å². The fourth-order valence-corrected chi connectivity index (χ4v) is 0.593. The zero-order chi connectivity index (χ0) is 10.3. The monoisotopic (exact) mass is 210 g/mol. The Morgan fingerprint density at radius 3 is 1.85 bits per heavy atom. The van der Waals surface area contributed by atoms with Crippen LogP contribution in [0, 0.1) is 0 Å². The van der Waals surface area contributed by atoms with Crippen LogP contribution < -0.4 is 0 Å². The van der Waals surface area contributed by atoms with Gasteiger partial charge in [0.1, 0.15) is 13.2 Å². The van der Waals surface area contributed by atoms with Gasteiger partial charge in [0.15, 0.2) is 0 Å². The third-order valence-corrected chi connectivity index (χ3v) is 1.31. The standard InChI is InChI=1S/C5H4F6O2/c6-4(7,8)2-13-3(1-12-3)5(9,10)11/h1-2H2. The van der Waals surface area contributed by atoms with Crippen LogP contribution in [0.1, 0.15) is 0 Å². The first-order valence-corrected chi connectivity index (χ1v) is 3.08. The second-order valence-electron chi connectivity index (χ2n) is 2.44. The number of ether oxygens (including phenoxy) is 2. The lowest BCUT2D eigenvalue weighted by Gasteiger charge is -2.17. The highest BCUT2D eigenvalue weighted by Crippen LogP contribution is 2.45. The molecule has 0 amide bonds. The van der Waals surface area contributed by atoms with E-state index in [9.17, 15) is 26.3 Å². The first-order valence-electron chi connectivity index (χ1n) is 3.08. The Kier molecular flexibility index (Phi) is 2.23. The summed E-state index contributed by atoms with van der Waals surface area (Å²) in [6, 6.07) is 0. The van der Waals surface area contributed by atoms with Crippen LogP contribution in [-0.4, -0.2) is 31.4 Å². The van der Waals surface area contributed by atoms with Crippen LogP contribution in [0.15, 0.2) is 0 Å². The number of rotatable bonds is 2. The van der Waals surface area contributed by atoms with Gasteiger partial charge in [-0.15, -0.1) is 0 Å². The average molecular weight is 210 g/mol. The molecule has 0 radical (unpaired) electrons. The quantitative estimate of drug-likeness (QED) is 0.512. The lowest BCUT2D eigenvalue weighted by atomic mass is 10.4. The minimum Gasteiger partial charge on any atom is -0.335 e. The third kappa shape index (κ3) is 2.47. The molecule has 0 spiro atoms. The van der Waals surface area contributed by atoms with Gasteiger partial charge in [-0.1, -0.05) is 0 Å². The van der Waals surface area contributed by atoms with Crippen LogP contribution in [0.4, 0.5) is 26.3 Å². The molecule has 1 aliphatic rings. The van der Waals surface area contributed by atoms with Gasteiger partial charge in [0, 0.05) is 0 Å². The summed E-state index contributed by atoms with van der Waals surface area (Å²) >= 11 is 0. The normalized spacial score (nSPS) is 29.1. The first-order chi connectivity index (χ1) is 5.66. The topological polar surface area (TPSA) is 21.8 Å². The Morgan fingerprint density at radius 1 is 1.15 bits per heavy atom. The van der Waals surface area contributed by atoms with E-state index in [1.165, 1.54) is 0 Å². The molecule has 1 unspecified atom stereocenters. The van der Waals surface area contributed by atoms with Crippen molar-refractivity contribution < 1.29 is 35.8 Å². The predicted octanol–water partition coefficient (Wildman–Crippen LogP) is 1.85. The highest BCUT2D eigenvalue weighted by Gasteiger charge is 2.68. The zero-order valence-electron chi connectivity index (χ0n) is 6.00. The molecule has 2 nitrogen and oxygen atoms in total. The first kappa shape index (κ1) is 10.6. The van der Waals surface area contributed by atoms with E-state index >= 15 is 0 Å². The number of halogens is 6. The minimum absolute atomic E-state index is 0.882. The molecule has 13 heavy (non-hydrogen) atoms. The van der Waals surface area contributed by atoms with Crippen molar-refractivity contribution in [3.63, 3.8) is 0 Å². The third-order valence-electron chi connectivity index (χ3n) is 1.31. The zero-order valence-corrected chi connectivity index (χ0v) is 6.00. The Morgan fingerprint density at radius 2 is 1.62 bits per heavy atom. The van der Waals surface area contributed by atoms with Gasteiger partial charge in [-0.05, 0) is 0 Å². The summed E-state index contributed by atoms with van der Waals surface area (Å²) in [5.41, 5.74) is 0. The van der Waals surface area contributed by atoms with E-state index < -0.39 is 31.4 Å². The van der Waals surface area contributed by atoms with Crippen LogP contribution in [0.25, 0.3) is 0 Å². The molecule has 1 fully saturated rings. The van der Waals surface area contributed by atoms with Crippen LogP contribution in [0.2, 0.25) is 0 Å². The molecule has 8 heteroatoms. The van der Waals surface area contributed by atoms with Crippen molar-refractivity contribution in [1.82, 2.24) is 0 Å². The number of epoxide rings is 1. The average Bonchev–Trinajstić information content (AvgIpc) is 2.58. The largest absolute Gasteiger partial charge is 0.445 e. The van der Waals surface area contributed by atoms with E-state index in [0.29, 0.717) is 0 Å². The molecule has 0 saturated carbocycles. The number of hydrogen-bond donors (Lipinski definition) is 0. The summed E-state index contributed by atoms with van der Waals surface area (Å²) in [6.07, 6.45) is -9.71. The van der Waals surface area contributed by atoms with Crippen LogP contribution in [-0.2, 0) is 9.47 Å². The SMILES string of the molecule is FC(F)(F)COC1(C(F)(F)F)CO1. The molecule has 78 valence electrons. The molecule has 0 aromatic heterocycles. The summed E-state index contributed by atoms with van der Waals surface area (Å²) in [7, 11) is 0. The maximum Gasteiger partial charge on any atom is 0.445 e. The van der Waals surface area contributed by atoms with Gasteiger partial charge in [-0.3, -0.25) is 0 Å². The lowest BCUT2D eigenvalue weighted by Crippen LogP contribution is -2.38. The Bertz CT molecular complexity index is 190. The van der Waals surface area contributed by atoms with Crippen LogP contribution in [0.5, 0.6) is 0 Å². The Labute approximate surface area is 68.4 Å². The predicted molar refractivity (Wildman–Crippen MR) is 26.7 cm³/mol. The van der Waals surface area contributed by atoms with E-state index in [-0.39, 0.29) is 0 Å². The van der Waals surface area contributed by atoms with Gasteiger partial charge in [0.05, 0.1) is 0 Å². The molecule has 0 N–H and O–H groups in total. The van der Waals surface area contributed by atoms with Crippen molar-refractivity contribution in [1.29, 1.82) is 0 Å². The van der Waals surface area contributed by atoms with E-state index in [2.05, 4.69) is 9.47 Å². The number of hydrogen-bond acceptors (Lipinski definition) is 2. The van der Waals surface area contributed by atoms with E-state index in [1.54, 1.807) is 0 Å².